The van der Waals surface area contributed by atoms with Gasteiger partial charge >= 0.3 is 12.1 Å². The van der Waals surface area contributed by atoms with Crippen LogP contribution in [0, 0.1) is 5.82 Å². The normalized spacial score (nSPS) is 16.2. The highest BCUT2D eigenvalue weighted by Crippen LogP contribution is 2.37. The summed E-state index contributed by atoms with van der Waals surface area (Å²) in [6.07, 6.45) is 0.235. The third-order valence-corrected chi connectivity index (χ3v) is 4.45. The Bertz CT molecular complexity index is 571. The lowest BCUT2D eigenvalue weighted by Gasteiger charge is -2.26. The van der Waals surface area contributed by atoms with Crippen molar-refractivity contribution in [3.8, 4) is 0 Å². The van der Waals surface area contributed by atoms with E-state index in [9.17, 15) is 14.0 Å². The highest BCUT2D eigenvalue weighted by Gasteiger charge is 2.24. The molecule has 0 aromatic heterocycles. The number of halogens is 1. The Kier molecular flexibility index (Phi) is 6.52. The van der Waals surface area contributed by atoms with E-state index < -0.39 is 6.09 Å². The first-order valence-corrected chi connectivity index (χ1v) is 8.46. The number of fused-ring (bicyclic) bond motifs is 1. The maximum absolute atomic E-state index is 13.8. The van der Waals surface area contributed by atoms with Crippen molar-refractivity contribution in [3.05, 3.63) is 29.6 Å². The third kappa shape index (κ3) is 5.02. The van der Waals surface area contributed by atoms with Crippen LogP contribution in [0.25, 0.3) is 0 Å². The average Bonchev–Trinajstić information content (AvgIpc) is 2.53. The molecule has 8 heteroatoms. The van der Waals surface area contributed by atoms with Crippen molar-refractivity contribution in [2.24, 2.45) is 0 Å². The van der Waals surface area contributed by atoms with Gasteiger partial charge in [-0.25, -0.2) is 14.0 Å². The molecule has 0 radical (unpaired) electrons. The summed E-state index contributed by atoms with van der Waals surface area (Å²) in [7, 11) is 0. The Labute approximate surface area is 138 Å². The van der Waals surface area contributed by atoms with E-state index in [1.807, 2.05) is 6.07 Å². The Hall–Kier alpha value is -1.96. The number of amides is 3. The quantitative estimate of drug-likeness (QED) is 0.719. The van der Waals surface area contributed by atoms with Crippen LogP contribution in [-0.4, -0.2) is 37.6 Å². The van der Waals surface area contributed by atoms with Crippen LogP contribution in [-0.2, 0) is 4.74 Å². The highest BCUT2D eigenvalue weighted by atomic mass is 32.2. The zero-order valence-corrected chi connectivity index (χ0v) is 13.7. The molecule has 0 aliphatic carbocycles. The fraction of sp³-hybridized carbons (Fsp3) is 0.467. The van der Waals surface area contributed by atoms with Gasteiger partial charge in [-0.05, 0) is 25.0 Å². The van der Waals surface area contributed by atoms with E-state index in [0.29, 0.717) is 11.5 Å². The number of hydrogen-bond donors (Lipinski definition) is 3. The summed E-state index contributed by atoms with van der Waals surface area (Å²) >= 11 is 1.47. The maximum Gasteiger partial charge on any atom is 0.407 e. The Morgan fingerprint density at radius 1 is 1.35 bits per heavy atom. The summed E-state index contributed by atoms with van der Waals surface area (Å²) in [6, 6.07) is 4.35. The number of thioether (sulfide) groups is 1. The van der Waals surface area contributed by atoms with Gasteiger partial charge in [-0.3, -0.25) is 0 Å². The molecule has 0 saturated carbocycles. The molecule has 1 heterocycles. The van der Waals surface area contributed by atoms with Crippen molar-refractivity contribution < 1.29 is 18.7 Å². The standard InChI is InChI=1S/C15H20FN3O3S/c1-2-22-15(21)18-8-7-17-14(20)19-12-6-9-23-13-10(12)4-3-5-11(13)16/h3-5,12H,2,6-9H2,1H3,(H,18,21)(H2,17,19,20). The fourth-order valence-corrected chi connectivity index (χ4v) is 3.41. The number of nitrogens with one attached hydrogen (secondary N) is 3. The first-order chi connectivity index (χ1) is 11.1. The van der Waals surface area contributed by atoms with E-state index in [0.717, 1.165) is 17.7 Å². The first kappa shape index (κ1) is 17.4. The second-order valence-electron chi connectivity index (χ2n) is 4.90. The number of hydrogen-bond acceptors (Lipinski definition) is 4. The molecule has 0 saturated heterocycles. The minimum absolute atomic E-state index is 0.208. The largest absolute Gasteiger partial charge is 0.450 e. The summed E-state index contributed by atoms with van der Waals surface area (Å²) in [5.74, 6) is 0.501. The summed E-state index contributed by atoms with van der Waals surface area (Å²) < 4.78 is 18.5. The molecule has 0 spiro atoms. The molecule has 1 aliphatic rings. The van der Waals surface area contributed by atoms with Crippen molar-refractivity contribution in [2.75, 3.05) is 25.4 Å². The summed E-state index contributed by atoms with van der Waals surface area (Å²) in [4.78, 5) is 23.6. The number of carbonyl (C=O) groups is 2. The van der Waals surface area contributed by atoms with Gasteiger partial charge < -0.3 is 20.7 Å². The number of benzene rings is 1. The monoisotopic (exact) mass is 341 g/mol. The van der Waals surface area contributed by atoms with Crippen LogP contribution in [0.3, 0.4) is 0 Å². The summed E-state index contributed by atoms with van der Waals surface area (Å²) in [5.41, 5.74) is 0.807. The fourth-order valence-electron chi connectivity index (χ4n) is 2.27. The molecule has 2 rings (SSSR count). The van der Waals surface area contributed by atoms with Gasteiger partial charge in [-0.2, -0.15) is 0 Å². The van der Waals surface area contributed by atoms with Gasteiger partial charge in [-0.15, -0.1) is 11.8 Å². The molecule has 23 heavy (non-hydrogen) atoms. The van der Waals surface area contributed by atoms with Gasteiger partial charge in [0.15, 0.2) is 0 Å². The van der Waals surface area contributed by atoms with Crippen LogP contribution >= 0.6 is 11.8 Å². The molecule has 1 aromatic rings. The van der Waals surface area contributed by atoms with Crippen molar-refractivity contribution in [1.82, 2.24) is 16.0 Å². The maximum atomic E-state index is 13.8. The van der Waals surface area contributed by atoms with Gasteiger partial charge in [-0.1, -0.05) is 12.1 Å². The van der Waals surface area contributed by atoms with E-state index in [1.54, 1.807) is 13.0 Å². The highest BCUT2D eigenvalue weighted by molar-refractivity contribution is 7.99. The summed E-state index contributed by atoms with van der Waals surface area (Å²) in [5, 5.41) is 8.00. The smallest absolute Gasteiger partial charge is 0.407 e. The van der Waals surface area contributed by atoms with Crippen LogP contribution in [0.2, 0.25) is 0 Å². The van der Waals surface area contributed by atoms with Crippen molar-refractivity contribution >= 4 is 23.9 Å². The lowest BCUT2D eigenvalue weighted by molar-refractivity contribution is 0.152. The first-order valence-electron chi connectivity index (χ1n) is 7.48. The van der Waals surface area contributed by atoms with Crippen LogP contribution in [0.15, 0.2) is 23.1 Å². The Morgan fingerprint density at radius 3 is 2.91 bits per heavy atom. The topological polar surface area (TPSA) is 79.5 Å². The van der Waals surface area contributed by atoms with Crippen molar-refractivity contribution in [2.45, 2.75) is 24.3 Å². The molecule has 1 aromatic carbocycles. The molecule has 1 atom stereocenters. The number of alkyl carbamates (subject to hydrolysis) is 1. The molecule has 6 nitrogen and oxygen atoms in total. The van der Waals surface area contributed by atoms with Gasteiger partial charge in [0.05, 0.1) is 12.6 Å². The molecule has 0 bridgehead atoms. The second-order valence-corrected chi connectivity index (χ2v) is 6.00. The second kappa shape index (κ2) is 8.61. The van der Waals surface area contributed by atoms with Crippen LogP contribution < -0.4 is 16.0 Å². The van der Waals surface area contributed by atoms with Gasteiger partial charge in [0.25, 0.3) is 0 Å². The Balaban J connectivity index is 1.79. The van der Waals surface area contributed by atoms with Crippen LogP contribution in [0.1, 0.15) is 24.9 Å². The number of urea groups is 1. The molecule has 1 unspecified atom stereocenters. The molecule has 1 aliphatic heterocycles. The van der Waals surface area contributed by atoms with Gasteiger partial charge in [0, 0.05) is 23.7 Å². The SMILES string of the molecule is CCOC(=O)NCCNC(=O)NC1CCSc2c(F)cccc21. The molecule has 126 valence electrons. The van der Waals surface area contributed by atoms with E-state index in [-0.39, 0.29) is 31.0 Å². The lowest BCUT2D eigenvalue weighted by Crippen LogP contribution is -2.42. The predicted molar refractivity (Wildman–Crippen MR) is 86.0 cm³/mol. The minimum Gasteiger partial charge on any atom is -0.450 e. The lowest BCUT2D eigenvalue weighted by atomic mass is 10.0. The molecular formula is C15H20FN3O3S. The molecular weight excluding hydrogens is 321 g/mol. The minimum atomic E-state index is -0.511. The molecule has 3 N–H and O–H groups in total. The number of ether oxygens (including phenoxy) is 1. The van der Waals surface area contributed by atoms with Crippen LogP contribution in [0.5, 0.6) is 0 Å². The average molecular weight is 341 g/mol. The summed E-state index contributed by atoms with van der Waals surface area (Å²) in [6.45, 7) is 2.57. The zero-order chi connectivity index (χ0) is 16.7. The van der Waals surface area contributed by atoms with Crippen molar-refractivity contribution in [3.63, 3.8) is 0 Å². The Morgan fingerprint density at radius 2 is 2.13 bits per heavy atom. The van der Waals surface area contributed by atoms with E-state index in [2.05, 4.69) is 16.0 Å². The molecule has 3 amide bonds. The van der Waals surface area contributed by atoms with E-state index >= 15 is 0 Å². The van der Waals surface area contributed by atoms with E-state index in [4.69, 9.17) is 4.74 Å². The predicted octanol–water partition coefficient (Wildman–Crippen LogP) is 2.41. The van der Waals surface area contributed by atoms with Crippen molar-refractivity contribution in [1.29, 1.82) is 0 Å². The number of rotatable bonds is 5. The number of carbonyl (C=O) groups excluding carboxylic acids is 2. The van der Waals surface area contributed by atoms with Gasteiger partial charge in [0.1, 0.15) is 5.82 Å². The zero-order valence-electron chi connectivity index (χ0n) is 12.9. The van der Waals surface area contributed by atoms with E-state index in [1.165, 1.54) is 17.8 Å². The third-order valence-electron chi connectivity index (χ3n) is 3.29. The van der Waals surface area contributed by atoms with Gasteiger partial charge in [0.2, 0.25) is 0 Å². The van der Waals surface area contributed by atoms with Crippen LogP contribution in [0.4, 0.5) is 14.0 Å². The molecule has 0 fully saturated rings.